The summed E-state index contributed by atoms with van der Waals surface area (Å²) in [6.07, 6.45) is 13.7. The van der Waals surface area contributed by atoms with Crippen molar-refractivity contribution in [1.82, 2.24) is 5.32 Å². The van der Waals surface area contributed by atoms with E-state index in [0.717, 1.165) is 12.8 Å². The third kappa shape index (κ3) is 4.66. The Morgan fingerprint density at radius 1 is 0.628 bits per heavy atom. The Bertz CT molecular complexity index is 2190. The first-order chi connectivity index (χ1) is 21.0. The van der Waals surface area contributed by atoms with Gasteiger partial charge in [0.1, 0.15) is 0 Å². The van der Waals surface area contributed by atoms with Crippen molar-refractivity contribution >= 4 is 54.2 Å². The molecule has 6 aromatic rings. The normalized spacial score (nSPS) is 20.3. The standard InChI is InChI=1S/C42H35N/c1-28-25-34(36-18-16-33-14-12-31-8-4-6-10-38(31)40(33)27-36)19-20-41(28)43-42(2)23-21-29(22-24-42)35-17-15-32-13-11-30-7-3-5-9-37(30)39(32)26-35/h3-23,26-28,43H,24-25H2,1-2H3. The molecule has 8 rings (SSSR count). The van der Waals surface area contributed by atoms with Crippen LogP contribution in [0.3, 0.4) is 0 Å². The number of nitrogens with one attached hydrogen (secondary N) is 1. The van der Waals surface area contributed by atoms with Crippen molar-refractivity contribution < 1.29 is 0 Å². The topological polar surface area (TPSA) is 12.0 Å². The van der Waals surface area contributed by atoms with Gasteiger partial charge in [0.2, 0.25) is 0 Å². The van der Waals surface area contributed by atoms with Crippen LogP contribution in [0, 0.1) is 5.92 Å². The molecule has 208 valence electrons. The van der Waals surface area contributed by atoms with E-state index >= 15 is 0 Å². The average Bonchev–Trinajstić information content (AvgIpc) is 3.05. The van der Waals surface area contributed by atoms with Gasteiger partial charge in [-0.1, -0.05) is 128 Å². The molecule has 0 aliphatic heterocycles. The molecule has 0 radical (unpaired) electrons. The molecule has 0 heterocycles. The van der Waals surface area contributed by atoms with Crippen molar-refractivity contribution in [2.24, 2.45) is 5.92 Å². The predicted molar refractivity (Wildman–Crippen MR) is 186 cm³/mol. The second-order valence-corrected chi connectivity index (χ2v) is 12.6. The summed E-state index contributed by atoms with van der Waals surface area (Å²) in [7, 11) is 0. The van der Waals surface area contributed by atoms with Crippen molar-refractivity contribution in [2.75, 3.05) is 0 Å². The molecule has 1 heteroatoms. The molecule has 2 aliphatic carbocycles. The van der Waals surface area contributed by atoms with Crippen LogP contribution in [0.4, 0.5) is 0 Å². The van der Waals surface area contributed by atoms with Gasteiger partial charge in [-0.05, 0) is 109 Å². The second kappa shape index (κ2) is 10.1. The lowest BCUT2D eigenvalue weighted by molar-refractivity contribution is 0.449. The van der Waals surface area contributed by atoms with Gasteiger partial charge in [-0.15, -0.1) is 0 Å². The zero-order valence-electron chi connectivity index (χ0n) is 24.8. The molecule has 0 spiro atoms. The first-order valence-electron chi connectivity index (χ1n) is 15.5. The molecule has 2 atom stereocenters. The van der Waals surface area contributed by atoms with E-state index in [4.69, 9.17) is 0 Å². The number of allylic oxidation sites excluding steroid dienone is 6. The van der Waals surface area contributed by atoms with Crippen molar-refractivity contribution in [3.05, 3.63) is 156 Å². The van der Waals surface area contributed by atoms with Crippen LogP contribution < -0.4 is 5.32 Å². The Morgan fingerprint density at radius 3 is 1.79 bits per heavy atom. The summed E-state index contributed by atoms with van der Waals surface area (Å²) < 4.78 is 0. The fourth-order valence-corrected chi connectivity index (χ4v) is 6.99. The fraction of sp³-hybridized carbons (Fsp3) is 0.143. The van der Waals surface area contributed by atoms with Crippen LogP contribution in [-0.4, -0.2) is 5.54 Å². The molecular formula is C42H35N. The smallest absolute Gasteiger partial charge is 0.0563 e. The van der Waals surface area contributed by atoms with Crippen molar-refractivity contribution in [3.63, 3.8) is 0 Å². The van der Waals surface area contributed by atoms with Crippen LogP contribution >= 0.6 is 0 Å². The highest BCUT2D eigenvalue weighted by atomic mass is 15.0. The van der Waals surface area contributed by atoms with Gasteiger partial charge in [-0.2, -0.15) is 0 Å². The van der Waals surface area contributed by atoms with Crippen LogP contribution in [-0.2, 0) is 0 Å². The summed E-state index contributed by atoms with van der Waals surface area (Å²) in [5.74, 6) is 0.424. The minimum atomic E-state index is -0.111. The lowest BCUT2D eigenvalue weighted by atomic mass is 9.84. The molecule has 2 aliphatic rings. The van der Waals surface area contributed by atoms with Crippen LogP contribution in [0.25, 0.3) is 54.2 Å². The molecular weight excluding hydrogens is 518 g/mol. The molecule has 2 unspecified atom stereocenters. The summed E-state index contributed by atoms with van der Waals surface area (Å²) in [5.41, 5.74) is 6.51. The first-order valence-corrected chi connectivity index (χ1v) is 15.5. The van der Waals surface area contributed by atoms with Gasteiger partial charge in [0.25, 0.3) is 0 Å². The lowest BCUT2D eigenvalue weighted by Gasteiger charge is -2.35. The van der Waals surface area contributed by atoms with E-state index in [0.29, 0.717) is 5.92 Å². The molecule has 0 aromatic heterocycles. The van der Waals surface area contributed by atoms with Gasteiger partial charge in [0.05, 0.1) is 5.54 Å². The van der Waals surface area contributed by atoms with E-state index in [9.17, 15) is 0 Å². The summed E-state index contributed by atoms with van der Waals surface area (Å²) in [6, 6.07) is 40.1. The third-order valence-electron chi connectivity index (χ3n) is 9.53. The van der Waals surface area contributed by atoms with Gasteiger partial charge in [-0.3, -0.25) is 0 Å². The number of rotatable bonds is 4. The molecule has 0 saturated carbocycles. The molecule has 0 amide bonds. The molecule has 1 N–H and O–H groups in total. The Hall–Kier alpha value is -4.88. The highest BCUT2D eigenvalue weighted by Crippen LogP contribution is 2.36. The summed E-state index contributed by atoms with van der Waals surface area (Å²) >= 11 is 0. The second-order valence-electron chi connectivity index (χ2n) is 12.6. The van der Waals surface area contributed by atoms with E-state index in [1.165, 1.54) is 71.1 Å². The quantitative estimate of drug-likeness (QED) is 0.214. The van der Waals surface area contributed by atoms with Crippen LogP contribution in [0.15, 0.2) is 145 Å². The summed E-state index contributed by atoms with van der Waals surface area (Å²) in [6.45, 7) is 4.66. The number of benzene rings is 6. The van der Waals surface area contributed by atoms with Gasteiger partial charge >= 0.3 is 0 Å². The molecule has 0 fully saturated rings. The first kappa shape index (κ1) is 25.8. The molecule has 0 saturated heterocycles. The average molecular weight is 554 g/mol. The van der Waals surface area contributed by atoms with E-state index in [-0.39, 0.29) is 5.54 Å². The van der Waals surface area contributed by atoms with E-state index in [1.807, 2.05) is 0 Å². The third-order valence-corrected chi connectivity index (χ3v) is 9.53. The van der Waals surface area contributed by atoms with Crippen molar-refractivity contribution in [2.45, 2.75) is 32.2 Å². The Balaban J connectivity index is 1.03. The van der Waals surface area contributed by atoms with Gasteiger partial charge in [-0.25, -0.2) is 0 Å². The van der Waals surface area contributed by atoms with Crippen LogP contribution in [0.1, 0.15) is 37.8 Å². The van der Waals surface area contributed by atoms with Gasteiger partial charge in [0.15, 0.2) is 0 Å². The van der Waals surface area contributed by atoms with Crippen molar-refractivity contribution in [1.29, 1.82) is 0 Å². The van der Waals surface area contributed by atoms with E-state index in [1.54, 1.807) is 0 Å². The lowest BCUT2D eigenvalue weighted by Crippen LogP contribution is -2.42. The SMILES string of the molecule is CC1CC(c2ccc3ccc4ccccc4c3c2)=CC=C1NC1(C)C=CC(c2ccc3ccc4ccccc4c3c2)=CC1. The monoisotopic (exact) mass is 553 g/mol. The largest absolute Gasteiger partial charge is 0.379 e. The van der Waals surface area contributed by atoms with Gasteiger partial charge in [0, 0.05) is 5.70 Å². The zero-order valence-corrected chi connectivity index (χ0v) is 24.8. The molecule has 6 aromatic carbocycles. The minimum Gasteiger partial charge on any atom is -0.379 e. The van der Waals surface area contributed by atoms with E-state index in [2.05, 4.69) is 159 Å². The van der Waals surface area contributed by atoms with Crippen LogP contribution in [0.5, 0.6) is 0 Å². The fourth-order valence-electron chi connectivity index (χ4n) is 6.99. The highest BCUT2D eigenvalue weighted by molar-refractivity contribution is 6.09. The minimum absolute atomic E-state index is 0.111. The molecule has 0 bridgehead atoms. The maximum Gasteiger partial charge on any atom is 0.0563 e. The predicted octanol–water partition coefficient (Wildman–Crippen LogP) is 11.0. The van der Waals surface area contributed by atoms with Crippen molar-refractivity contribution in [3.8, 4) is 0 Å². The van der Waals surface area contributed by atoms with E-state index < -0.39 is 0 Å². The number of hydrogen-bond donors (Lipinski definition) is 1. The Kier molecular flexibility index (Phi) is 6.08. The maximum atomic E-state index is 3.92. The Morgan fingerprint density at radius 2 is 1.19 bits per heavy atom. The number of fused-ring (bicyclic) bond motifs is 6. The number of hydrogen-bond acceptors (Lipinski definition) is 1. The van der Waals surface area contributed by atoms with Crippen LogP contribution in [0.2, 0.25) is 0 Å². The molecule has 1 nitrogen and oxygen atoms in total. The summed E-state index contributed by atoms with van der Waals surface area (Å²) in [5, 5.41) is 14.4. The van der Waals surface area contributed by atoms with Gasteiger partial charge < -0.3 is 5.32 Å². The molecule has 43 heavy (non-hydrogen) atoms. The highest BCUT2D eigenvalue weighted by Gasteiger charge is 2.27. The zero-order chi connectivity index (χ0) is 29.0. The Labute approximate surface area is 253 Å². The maximum absolute atomic E-state index is 3.92. The summed E-state index contributed by atoms with van der Waals surface area (Å²) in [4.78, 5) is 0.